The van der Waals surface area contributed by atoms with Crippen LogP contribution in [-0.4, -0.2) is 25.7 Å². The van der Waals surface area contributed by atoms with E-state index >= 15 is 0 Å². The summed E-state index contributed by atoms with van der Waals surface area (Å²) in [6.45, 7) is 6.03. The van der Waals surface area contributed by atoms with Gasteiger partial charge in [0.2, 0.25) is 5.13 Å². The number of hydrogen-bond acceptors (Lipinski definition) is 6. The number of carbonyl (C=O) groups excluding carboxylic acids is 1. The lowest BCUT2D eigenvalue weighted by molar-refractivity contribution is 0.102. The minimum absolute atomic E-state index is 0.136. The molecule has 0 aliphatic heterocycles. The van der Waals surface area contributed by atoms with E-state index in [1.165, 1.54) is 11.3 Å². The van der Waals surface area contributed by atoms with Crippen LogP contribution in [0.2, 0.25) is 0 Å². The molecule has 8 heteroatoms. The van der Waals surface area contributed by atoms with Gasteiger partial charge in [-0.2, -0.15) is 0 Å². The second-order valence-electron chi connectivity index (χ2n) is 7.28. The topological polar surface area (TPSA) is 89.8 Å². The molecule has 7 nitrogen and oxygen atoms in total. The zero-order valence-electron chi connectivity index (χ0n) is 17.6. The van der Waals surface area contributed by atoms with Gasteiger partial charge < -0.3 is 0 Å². The minimum atomic E-state index is -0.264. The number of nitrogens with one attached hydrogen (secondary N) is 1. The van der Waals surface area contributed by atoms with Crippen molar-refractivity contribution in [3.05, 3.63) is 75.3 Å². The molecule has 0 aliphatic carbocycles. The van der Waals surface area contributed by atoms with Gasteiger partial charge in [0.1, 0.15) is 10.8 Å². The molecule has 2 heterocycles. The lowest BCUT2D eigenvalue weighted by atomic mass is 10.1. The Bertz CT molecular complexity index is 1290. The highest BCUT2D eigenvalue weighted by molar-refractivity contribution is 7.15. The van der Waals surface area contributed by atoms with E-state index in [1.54, 1.807) is 41.8 Å². The van der Waals surface area contributed by atoms with Gasteiger partial charge in [-0.25, -0.2) is 4.98 Å². The second kappa shape index (κ2) is 8.77. The van der Waals surface area contributed by atoms with E-state index in [9.17, 15) is 9.59 Å². The molecule has 31 heavy (non-hydrogen) atoms. The van der Waals surface area contributed by atoms with Crippen LogP contribution in [-0.2, 0) is 0 Å². The van der Waals surface area contributed by atoms with Gasteiger partial charge >= 0.3 is 0 Å². The van der Waals surface area contributed by atoms with Crippen LogP contribution in [0, 0.1) is 6.92 Å². The number of fused-ring (bicyclic) bond motifs is 1. The van der Waals surface area contributed by atoms with E-state index < -0.39 is 0 Å². The fraction of sp³-hybridized carbons (Fsp3) is 0.261. The molecule has 4 aromatic rings. The minimum Gasteiger partial charge on any atom is -0.296 e. The van der Waals surface area contributed by atoms with Crippen LogP contribution >= 0.6 is 11.3 Å². The molecule has 0 bridgehead atoms. The Balaban J connectivity index is 1.57. The number of anilines is 1. The summed E-state index contributed by atoms with van der Waals surface area (Å²) in [5, 5.41) is 13.1. The molecule has 4 rings (SSSR count). The van der Waals surface area contributed by atoms with Gasteiger partial charge in [0.15, 0.2) is 0 Å². The first kappa shape index (κ1) is 20.9. The highest BCUT2D eigenvalue weighted by Crippen LogP contribution is 2.28. The molecule has 0 fully saturated rings. The van der Waals surface area contributed by atoms with Crippen molar-refractivity contribution in [1.82, 2.24) is 19.7 Å². The van der Waals surface area contributed by atoms with Crippen LogP contribution in [0.5, 0.6) is 0 Å². The Hall–Kier alpha value is -3.39. The first-order valence-electron chi connectivity index (χ1n) is 10.2. The number of carbonyl (C=O) groups is 1. The van der Waals surface area contributed by atoms with Crippen molar-refractivity contribution in [1.29, 1.82) is 0 Å². The van der Waals surface area contributed by atoms with Crippen molar-refractivity contribution >= 4 is 33.3 Å². The Morgan fingerprint density at radius 3 is 2.48 bits per heavy atom. The maximum atomic E-state index is 12.9. The Morgan fingerprint density at radius 2 is 1.77 bits per heavy atom. The number of nitrogens with zero attached hydrogens (tertiary/aromatic N) is 4. The summed E-state index contributed by atoms with van der Waals surface area (Å²) in [4.78, 5) is 30.1. The fourth-order valence-corrected chi connectivity index (χ4v) is 4.57. The predicted molar refractivity (Wildman–Crippen MR) is 123 cm³/mol. The third-order valence-electron chi connectivity index (χ3n) is 5.33. The summed E-state index contributed by atoms with van der Waals surface area (Å²) in [6.07, 6.45) is 1.98. The van der Waals surface area contributed by atoms with E-state index in [0.29, 0.717) is 39.0 Å². The van der Waals surface area contributed by atoms with Crippen LogP contribution < -0.4 is 10.9 Å². The van der Waals surface area contributed by atoms with E-state index in [2.05, 4.69) is 34.3 Å². The average Bonchev–Trinajstić information content (AvgIpc) is 3.23. The van der Waals surface area contributed by atoms with Crippen molar-refractivity contribution in [3.8, 4) is 5.69 Å². The molecule has 158 valence electrons. The van der Waals surface area contributed by atoms with Crippen LogP contribution in [0.3, 0.4) is 0 Å². The fourth-order valence-electron chi connectivity index (χ4n) is 3.57. The molecule has 1 amide bonds. The summed E-state index contributed by atoms with van der Waals surface area (Å²) in [5.74, 6) is 0.683. The third-order valence-corrected chi connectivity index (χ3v) is 6.33. The summed E-state index contributed by atoms with van der Waals surface area (Å²) in [7, 11) is 0. The normalized spacial score (nSPS) is 11.2. The van der Waals surface area contributed by atoms with Crippen LogP contribution in [0.25, 0.3) is 16.6 Å². The average molecular weight is 434 g/mol. The Morgan fingerprint density at radius 1 is 1.06 bits per heavy atom. The van der Waals surface area contributed by atoms with Gasteiger partial charge in [0, 0.05) is 11.5 Å². The molecule has 2 aromatic carbocycles. The maximum absolute atomic E-state index is 12.9. The highest BCUT2D eigenvalue weighted by Gasteiger charge is 2.16. The van der Waals surface area contributed by atoms with Crippen molar-refractivity contribution in [2.75, 3.05) is 5.32 Å². The largest absolute Gasteiger partial charge is 0.296 e. The Kier molecular flexibility index (Phi) is 5.90. The lowest BCUT2D eigenvalue weighted by Gasteiger charge is -2.11. The van der Waals surface area contributed by atoms with Gasteiger partial charge in [-0.15, -0.1) is 10.2 Å². The van der Waals surface area contributed by atoms with Gasteiger partial charge in [0.25, 0.3) is 11.5 Å². The molecule has 2 aromatic heterocycles. The van der Waals surface area contributed by atoms with E-state index in [-0.39, 0.29) is 11.5 Å². The summed E-state index contributed by atoms with van der Waals surface area (Å²) in [5.41, 5.74) is 1.66. The van der Waals surface area contributed by atoms with Crippen LogP contribution in [0.4, 0.5) is 5.13 Å². The van der Waals surface area contributed by atoms with Crippen LogP contribution in [0.15, 0.2) is 53.3 Å². The molecule has 0 atom stereocenters. The van der Waals surface area contributed by atoms with E-state index in [1.807, 2.05) is 18.2 Å². The molecule has 0 spiro atoms. The van der Waals surface area contributed by atoms with Gasteiger partial charge in [-0.3, -0.25) is 19.5 Å². The van der Waals surface area contributed by atoms with Crippen molar-refractivity contribution in [2.45, 2.75) is 39.5 Å². The van der Waals surface area contributed by atoms with Crippen molar-refractivity contribution in [3.63, 3.8) is 0 Å². The number of benzene rings is 2. The number of aryl methyl sites for hydroxylation is 1. The number of aromatic nitrogens is 4. The van der Waals surface area contributed by atoms with Crippen molar-refractivity contribution in [2.24, 2.45) is 0 Å². The highest BCUT2D eigenvalue weighted by atomic mass is 32.1. The standard InChI is InChI=1S/C23H23N5O2S/c1-4-15(5-2)21-26-27-23(31-21)25-20(29)16-10-12-17(13-11-16)28-14(3)24-19-9-7-6-8-18(19)22(28)30/h6-13,15H,4-5H2,1-3H3,(H,25,27,29). The van der Waals surface area contributed by atoms with Crippen LogP contribution in [0.1, 0.15) is 53.8 Å². The Labute approximate surface area is 183 Å². The third kappa shape index (κ3) is 4.11. The molecule has 0 saturated heterocycles. The molecule has 0 saturated carbocycles. The molecular formula is C23H23N5O2S. The summed E-state index contributed by atoms with van der Waals surface area (Å²) >= 11 is 1.41. The molecule has 0 aliphatic rings. The summed E-state index contributed by atoms with van der Waals surface area (Å²) < 4.78 is 1.55. The second-order valence-corrected chi connectivity index (χ2v) is 8.29. The SMILES string of the molecule is CCC(CC)c1nnc(NC(=O)c2ccc(-n3c(C)nc4ccccc4c3=O)cc2)s1. The number of hydrogen-bond donors (Lipinski definition) is 1. The maximum Gasteiger partial charge on any atom is 0.265 e. The lowest BCUT2D eigenvalue weighted by Crippen LogP contribution is -2.22. The first-order valence-corrected chi connectivity index (χ1v) is 11.1. The molecular weight excluding hydrogens is 410 g/mol. The van der Waals surface area contributed by atoms with E-state index in [0.717, 1.165) is 17.8 Å². The molecule has 0 unspecified atom stereocenters. The van der Waals surface area contributed by atoms with Crippen molar-refractivity contribution < 1.29 is 4.79 Å². The number of rotatable bonds is 6. The zero-order valence-corrected chi connectivity index (χ0v) is 18.4. The van der Waals surface area contributed by atoms with E-state index in [4.69, 9.17) is 0 Å². The van der Waals surface area contributed by atoms with Gasteiger partial charge in [0.05, 0.1) is 16.6 Å². The number of para-hydroxylation sites is 1. The number of amides is 1. The smallest absolute Gasteiger partial charge is 0.265 e. The van der Waals surface area contributed by atoms with Gasteiger partial charge in [-0.05, 0) is 56.2 Å². The quantitative estimate of drug-likeness (QED) is 0.476. The first-order chi connectivity index (χ1) is 15.0. The van der Waals surface area contributed by atoms with Gasteiger partial charge in [-0.1, -0.05) is 37.3 Å². The predicted octanol–water partition coefficient (Wildman–Crippen LogP) is 4.70. The molecule has 1 N–H and O–H groups in total. The zero-order chi connectivity index (χ0) is 22.0. The monoisotopic (exact) mass is 433 g/mol. The molecule has 0 radical (unpaired) electrons. The summed E-state index contributed by atoms with van der Waals surface area (Å²) in [6, 6.07) is 14.1.